The molecule has 0 bridgehead atoms. The SMILES string of the molecule is CCS(=O)(=O)N1CCN(C2(CNC(=O)c3ccc(Cl)cc3Cl)CCC(F)(F)CC2)CC1. The van der Waals surface area contributed by atoms with E-state index in [1.165, 1.54) is 16.4 Å². The molecule has 1 amide bonds. The molecule has 1 aromatic carbocycles. The minimum Gasteiger partial charge on any atom is -0.350 e. The minimum absolute atomic E-state index is 0.0300. The molecular formula is C20H27Cl2F2N3O3S. The van der Waals surface area contributed by atoms with Crippen LogP contribution in [0.15, 0.2) is 18.2 Å². The lowest BCUT2D eigenvalue weighted by atomic mass is 9.78. The molecule has 3 rings (SSSR count). The van der Waals surface area contributed by atoms with Crippen LogP contribution in [0.3, 0.4) is 0 Å². The molecule has 0 aromatic heterocycles. The molecule has 0 unspecified atom stereocenters. The van der Waals surface area contributed by atoms with E-state index in [2.05, 4.69) is 10.2 Å². The Labute approximate surface area is 191 Å². The van der Waals surface area contributed by atoms with Gasteiger partial charge in [0.25, 0.3) is 5.91 Å². The quantitative estimate of drug-likeness (QED) is 0.651. The van der Waals surface area contributed by atoms with Gasteiger partial charge in [0, 0.05) is 56.1 Å². The highest BCUT2D eigenvalue weighted by Gasteiger charge is 2.47. The molecule has 1 saturated carbocycles. The van der Waals surface area contributed by atoms with Gasteiger partial charge in [0.05, 0.1) is 16.3 Å². The first kappa shape index (κ1) is 24.6. The van der Waals surface area contributed by atoms with Crippen LogP contribution in [-0.2, 0) is 10.0 Å². The van der Waals surface area contributed by atoms with Crippen molar-refractivity contribution in [3.05, 3.63) is 33.8 Å². The summed E-state index contributed by atoms with van der Waals surface area (Å²) in [7, 11) is -3.29. The molecule has 0 spiro atoms. The Balaban J connectivity index is 1.73. The van der Waals surface area contributed by atoms with Gasteiger partial charge in [-0.2, -0.15) is 4.31 Å². The summed E-state index contributed by atoms with van der Waals surface area (Å²) in [5.74, 6) is -3.09. The first-order chi connectivity index (χ1) is 14.5. The van der Waals surface area contributed by atoms with E-state index < -0.39 is 27.4 Å². The van der Waals surface area contributed by atoms with Gasteiger partial charge in [-0.1, -0.05) is 23.2 Å². The van der Waals surface area contributed by atoms with Crippen molar-refractivity contribution in [3.8, 4) is 0 Å². The minimum atomic E-state index is -3.29. The Morgan fingerprint density at radius 3 is 2.26 bits per heavy atom. The third kappa shape index (κ3) is 5.68. The van der Waals surface area contributed by atoms with Crippen molar-refractivity contribution in [1.82, 2.24) is 14.5 Å². The number of sulfonamides is 1. The number of amides is 1. The van der Waals surface area contributed by atoms with Crippen LogP contribution in [0.5, 0.6) is 0 Å². The topological polar surface area (TPSA) is 69.7 Å². The Morgan fingerprint density at radius 2 is 1.71 bits per heavy atom. The van der Waals surface area contributed by atoms with Crippen LogP contribution < -0.4 is 5.32 Å². The standard InChI is InChI=1S/C20H27Cl2F2N3O3S/c1-2-31(29,30)27-11-9-26(10-12-27)19(5-7-20(23,24)8-6-19)14-25-18(28)16-4-3-15(21)13-17(16)22/h3-4,13H,2,5-12,14H2,1H3,(H,25,28). The second-order valence-corrected chi connectivity index (χ2v) is 11.3. The van der Waals surface area contributed by atoms with Crippen molar-refractivity contribution in [3.63, 3.8) is 0 Å². The lowest BCUT2D eigenvalue weighted by Gasteiger charge is -2.50. The monoisotopic (exact) mass is 497 g/mol. The summed E-state index contributed by atoms with van der Waals surface area (Å²) in [6, 6.07) is 4.56. The number of carbonyl (C=O) groups excluding carboxylic acids is 1. The second-order valence-electron chi connectivity index (χ2n) is 8.17. The second kappa shape index (κ2) is 9.47. The highest BCUT2D eigenvalue weighted by Crippen LogP contribution is 2.42. The fourth-order valence-electron chi connectivity index (χ4n) is 4.32. The zero-order valence-corrected chi connectivity index (χ0v) is 19.7. The van der Waals surface area contributed by atoms with E-state index >= 15 is 0 Å². The third-order valence-corrected chi connectivity index (χ3v) is 8.76. The Kier molecular flexibility index (Phi) is 7.53. The van der Waals surface area contributed by atoms with Crippen LogP contribution in [0.25, 0.3) is 0 Å². The first-order valence-electron chi connectivity index (χ1n) is 10.3. The number of hydrogen-bond acceptors (Lipinski definition) is 4. The Hall–Kier alpha value is -1.00. The number of alkyl halides is 2. The summed E-state index contributed by atoms with van der Waals surface area (Å²) in [4.78, 5) is 14.8. The van der Waals surface area contributed by atoms with Crippen LogP contribution in [0, 0.1) is 0 Å². The fraction of sp³-hybridized carbons (Fsp3) is 0.650. The average molecular weight is 498 g/mol. The molecule has 1 N–H and O–H groups in total. The molecule has 1 aliphatic carbocycles. The summed E-state index contributed by atoms with van der Waals surface area (Å²) >= 11 is 12.0. The van der Waals surface area contributed by atoms with E-state index in [9.17, 15) is 22.0 Å². The Bertz CT molecular complexity index is 912. The van der Waals surface area contributed by atoms with E-state index in [4.69, 9.17) is 23.2 Å². The van der Waals surface area contributed by atoms with E-state index in [0.29, 0.717) is 31.2 Å². The summed E-state index contributed by atoms with van der Waals surface area (Å²) in [5, 5.41) is 3.49. The van der Waals surface area contributed by atoms with Crippen LogP contribution in [0.1, 0.15) is 43.0 Å². The zero-order chi connectivity index (χ0) is 22.9. The van der Waals surface area contributed by atoms with E-state index in [0.717, 1.165) is 0 Å². The number of nitrogens with one attached hydrogen (secondary N) is 1. The Morgan fingerprint density at radius 1 is 1.10 bits per heavy atom. The maximum absolute atomic E-state index is 13.9. The number of piperazine rings is 1. The predicted octanol–water partition coefficient (Wildman–Crippen LogP) is 3.64. The molecule has 1 heterocycles. The van der Waals surface area contributed by atoms with Crippen molar-refractivity contribution >= 4 is 39.1 Å². The summed E-state index contributed by atoms with van der Waals surface area (Å²) in [6.07, 6.45) is -0.0968. The van der Waals surface area contributed by atoms with Crippen molar-refractivity contribution < 1.29 is 22.0 Å². The number of carbonyl (C=O) groups is 1. The number of benzene rings is 1. The van der Waals surface area contributed by atoms with Crippen molar-refractivity contribution in [2.45, 2.75) is 44.1 Å². The largest absolute Gasteiger partial charge is 0.350 e. The molecular weight excluding hydrogens is 471 g/mol. The smallest absolute Gasteiger partial charge is 0.252 e. The van der Waals surface area contributed by atoms with Crippen LogP contribution >= 0.6 is 23.2 Å². The van der Waals surface area contributed by atoms with Gasteiger partial charge in [-0.3, -0.25) is 9.69 Å². The molecule has 6 nitrogen and oxygen atoms in total. The molecule has 1 aliphatic heterocycles. The molecule has 1 saturated heterocycles. The number of halogens is 4. The van der Waals surface area contributed by atoms with E-state index in [1.54, 1.807) is 13.0 Å². The van der Waals surface area contributed by atoms with Gasteiger partial charge < -0.3 is 5.32 Å². The van der Waals surface area contributed by atoms with Gasteiger partial charge in [0.2, 0.25) is 15.9 Å². The first-order valence-corrected chi connectivity index (χ1v) is 12.7. The third-order valence-electron chi connectivity index (χ3n) is 6.33. The van der Waals surface area contributed by atoms with Gasteiger partial charge in [-0.05, 0) is 38.0 Å². The molecule has 0 radical (unpaired) electrons. The molecule has 1 aromatic rings. The van der Waals surface area contributed by atoms with Gasteiger partial charge >= 0.3 is 0 Å². The highest BCUT2D eigenvalue weighted by molar-refractivity contribution is 7.89. The molecule has 31 heavy (non-hydrogen) atoms. The van der Waals surface area contributed by atoms with Crippen molar-refractivity contribution in [2.75, 3.05) is 38.5 Å². The summed E-state index contributed by atoms with van der Waals surface area (Å²) in [6.45, 7) is 3.27. The normalized spacial score (nSPS) is 22.2. The average Bonchev–Trinajstić information content (AvgIpc) is 2.73. The number of hydrogen-bond donors (Lipinski definition) is 1. The number of nitrogens with zero attached hydrogens (tertiary/aromatic N) is 2. The van der Waals surface area contributed by atoms with Gasteiger partial charge in [-0.15, -0.1) is 0 Å². The van der Waals surface area contributed by atoms with Crippen molar-refractivity contribution in [1.29, 1.82) is 0 Å². The van der Waals surface area contributed by atoms with E-state index in [-0.39, 0.29) is 48.6 Å². The van der Waals surface area contributed by atoms with Crippen LogP contribution in [0.2, 0.25) is 10.0 Å². The lowest BCUT2D eigenvalue weighted by molar-refractivity contribution is -0.0856. The molecule has 11 heteroatoms. The lowest BCUT2D eigenvalue weighted by Crippen LogP contribution is -2.63. The van der Waals surface area contributed by atoms with Gasteiger partial charge in [0.1, 0.15) is 0 Å². The van der Waals surface area contributed by atoms with Crippen LogP contribution in [-0.4, -0.2) is 73.5 Å². The van der Waals surface area contributed by atoms with Gasteiger partial charge in [-0.25, -0.2) is 17.2 Å². The van der Waals surface area contributed by atoms with Crippen molar-refractivity contribution in [2.24, 2.45) is 0 Å². The molecule has 2 aliphatic rings. The highest BCUT2D eigenvalue weighted by atomic mass is 35.5. The predicted molar refractivity (Wildman–Crippen MR) is 118 cm³/mol. The summed E-state index contributed by atoms with van der Waals surface area (Å²) in [5.41, 5.74) is -0.389. The maximum atomic E-state index is 13.9. The molecule has 174 valence electrons. The zero-order valence-electron chi connectivity index (χ0n) is 17.3. The van der Waals surface area contributed by atoms with E-state index in [1.807, 2.05) is 0 Å². The fourth-order valence-corrected chi connectivity index (χ4v) is 5.90. The summed E-state index contributed by atoms with van der Waals surface area (Å²) < 4.78 is 53.6. The van der Waals surface area contributed by atoms with Gasteiger partial charge in [0.15, 0.2) is 0 Å². The molecule has 0 atom stereocenters. The van der Waals surface area contributed by atoms with Crippen LogP contribution in [0.4, 0.5) is 8.78 Å². The molecule has 2 fully saturated rings. The number of rotatable bonds is 6. The maximum Gasteiger partial charge on any atom is 0.252 e.